The van der Waals surface area contributed by atoms with Crippen LogP contribution in [0.4, 0.5) is 4.39 Å². The molecule has 0 aromatic heterocycles. The number of amides is 1. The molecule has 1 aliphatic rings. The van der Waals surface area contributed by atoms with Crippen molar-refractivity contribution < 1.29 is 13.9 Å². The molecule has 1 aromatic carbocycles. The Morgan fingerprint density at radius 1 is 1.35 bits per heavy atom. The third-order valence-corrected chi connectivity index (χ3v) is 3.49. The van der Waals surface area contributed by atoms with E-state index in [1.165, 1.54) is 12.1 Å². The standard InChI is InChI=1S/C14H19FN2O2.ClH/c1-17(10-11-2-4-12(15)5-3-11)13(18)14(16)6-8-19-9-7-14;/h2-5H,6-10,16H2,1H3;1H. The average Bonchev–Trinajstić information content (AvgIpc) is 2.41. The maximum atomic E-state index is 12.8. The molecule has 1 amide bonds. The van der Waals surface area contributed by atoms with Crippen LogP contribution in [0.25, 0.3) is 0 Å². The predicted molar refractivity (Wildman–Crippen MR) is 77.1 cm³/mol. The van der Waals surface area contributed by atoms with Crippen molar-refractivity contribution in [3.05, 3.63) is 35.6 Å². The van der Waals surface area contributed by atoms with Crippen LogP contribution in [0.2, 0.25) is 0 Å². The van der Waals surface area contributed by atoms with Gasteiger partial charge in [-0.3, -0.25) is 4.79 Å². The molecule has 1 saturated heterocycles. The SMILES string of the molecule is CN(Cc1ccc(F)cc1)C(=O)C1(N)CCOCC1.Cl. The van der Waals surface area contributed by atoms with Gasteiger partial charge in [-0.1, -0.05) is 12.1 Å². The van der Waals surface area contributed by atoms with Gasteiger partial charge in [0.05, 0.1) is 5.54 Å². The highest BCUT2D eigenvalue weighted by Crippen LogP contribution is 2.21. The second-order valence-electron chi connectivity index (χ2n) is 5.06. The second-order valence-corrected chi connectivity index (χ2v) is 5.06. The van der Waals surface area contributed by atoms with E-state index in [0.29, 0.717) is 32.6 Å². The van der Waals surface area contributed by atoms with Crippen LogP contribution in [0.15, 0.2) is 24.3 Å². The van der Waals surface area contributed by atoms with Gasteiger partial charge in [0.25, 0.3) is 0 Å². The molecule has 0 aliphatic carbocycles. The van der Waals surface area contributed by atoms with E-state index in [4.69, 9.17) is 10.5 Å². The van der Waals surface area contributed by atoms with Crippen LogP contribution in [0.3, 0.4) is 0 Å². The molecular formula is C14H20ClFN2O2. The maximum Gasteiger partial charge on any atom is 0.242 e. The number of benzene rings is 1. The summed E-state index contributed by atoms with van der Waals surface area (Å²) < 4.78 is 18.1. The molecule has 4 nitrogen and oxygen atoms in total. The highest BCUT2D eigenvalue weighted by atomic mass is 35.5. The summed E-state index contributed by atoms with van der Waals surface area (Å²) in [5.41, 5.74) is 6.21. The summed E-state index contributed by atoms with van der Waals surface area (Å²) >= 11 is 0. The topological polar surface area (TPSA) is 55.6 Å². The van der Waals surface area contributed by atoms with E-state index < -0.39 is 5.54 Å². The maximum absolute atomic E-state index is 12.8. The first-order valence-electron chi connectivity index (χ1n) is 6.38. The molecule has 112 valence electrons. The normalized spacial score (nSPS) is 17.1. The van der Waals surface area contributed by atoms with Crippen LogP contribution in [0, 0.1) is 5.82 Å². The van der Waals surface area contributed by atoms with Gasteiger partial charge in [0.2, 0.25) is 5.91 Å². The highest BCUT2D eigenvalue weighted by Gasteiger charge is 2.37. The summed E-state index contributed by atoms with van der Waals surface area (Å²) in [6, 6.07) is 6.12. The Morgan fingerprint density at radius 2 is 1.90 bits per heavy atom. The molecule has 0 bridgehead atoms. The van der Waals surface area contributed by atoms with Crippen molar-refractivity contribution in [1.82, 2.24) is 4.90 Å². The third-order valence-electron chi connectivity index (χ3n) is 3.49. The van der Waals surface area contributed by atoms with Crippen LogP contribution in [-0.2, 0) is 16.1 Å². The molecule has 0 spiro atoms. The van der Waals surface area contributed by atoms with Crippen LogP contribution in [0.1, 0.15) is 18.4 Å². The molecule has 1 fully saturated rings. The molecule has 1 aliphatic heterocycles. The van der Waals surface area contributed by atoms with Gasteiger partial charge in [-0.2, -0.15) is 0 Å². The summed E-state index contributed by atoms with van der Waals surface area (Å²) in [5, 5.41) is 0. The minimum atomic E-state index is -0.826. The molecular weight excluding hydrogens is 283 g/mol. The first-order valence-corrected chi connectivity index (χ1v) is 6.38. The molecule has 0 atom stereocenters. The molecule has 20 heavy (non-hydrogen) atoms. The molecule has 0 unspecified atom stereocenters. The lowest BCUT2D eigenvalue weighted by atomic mass is 9.89. The molecule has 0 saturated carbocycles. The third kappa shape index (κ3) is 3.91. The number of ether oxygens (including phenoxy) is 1. The van der Waals surface area contributed by atoms with Gasteiger partial charge >= 0.3 is 0 Å². The lowest BCUT2D eigenvalue weighted by Gasteiger charge is -2.35. The molecule has 2 N–H and O–H groups in total. The zero-order chi connectivity index (χ0) is 13.9. The van der Waals surface area contributed by atoms with Crippen molar-refractivity contribution in [3.63, 3.8) is 0 Å². The van der Waals surface area contributed by atoms with Gasteiger partial charge in [-0.05, 0) is 30.5 Å². The van der Waals surface area contributed by atoms with E-state index in [0.717, 1.165) is 5.56 Å². The number of hydrogen-bond acceptors (Lipinski definition) is 3. The minimum absolute atomic E-state index is 0. The number of hydrogen-bond donors (Lipinski definition) is 1. The fraction of sp³-hybridized carbons (Fsp3) is 0.500. The summed E-state index contributed by atoms with van der Waals surface area (Å²) in [4.78, 5) is 14.0. The number of nitrogens with zero attached hydrogens (tertiary/aromatic N) is 1. The van der Waals surface area contributed by atoms with Gasteiger partial charge in [0, 0.05) is 26.8 Å². The Balaban J connectivity index is 0.00000200. The molecule has 0 radical (unpaired) electrons. The van der Waals surface area contributed by atoms with E-state index in [2.05, 4.69) is 0 Å². The Labute approximate surface area is 124 Å². The number of nitrogens with two attached hydrogens (primary N) is 1. The van der Waals surface area contributed by atoms with Crippen molar-refractivity contribution in [2.75, 3.05) is 20.3 Å². The van der Waals surface area contributed by atoms with E-state index in [9.17, 15) is 9.18 Å². The fourth-order valence-corrected chi connectivity index (χ4v) is 2.27. The van der Waals surface area contributed by atoms with Crippen LogP contribution in [0.5, 0.6) is 0 Å². The fourth-order valence-electron chi connectivity index (χ4n) is 2.27. The Bertz CT molecular complexity index is 447. The van der Waals surface area contributed by atoms with Gasteiger partial charge < -0.3 is 15.4 Å². The van der Waals surface area contributed by atoms with Crippen molar-refractivity contribution in [3.8, 4) is 0 Å². The number of carbonyl (C=O) groups excluding carboxylic acids is 1. The largest absolute Gasteiger partial charge is 0.381 e. The van der Waals surface area contributed by atoms with Gasteiger partial charge in [0.1, 0.15) is 5.82 Å². The molecule has 2 rings (SSSR count). The summed E-state index contributed by atoms with van der Waals surface area (Å²) in [6.07, 6.45) is 1.08. The summed E-state index contributed by atoms with van der Waals surface area (Å²) in [7, 11) is 1.72. The highest BCUT2D eigenvalue weighted by molar-refractivity contribution is 5.86. The summed E-state index contributed by atoms with van der Waals surface area (Å²) in [6.45, 7) is 1.47. The number of carbonyl (C=O) groups is 1. The lowest BCUT2D eigenvalue weighted by molar-refractivity contribution is -0.139. The first kappa shape index (κ1) is 16.9. The van der Waals surface area contributed by atoms with E-state index in [1.54, 1.807) is 24.1 Å². The number of halogens is 2. The first-order chi connectivity index (χ1) is 9.01. The zero-order valence-corrected chi connectivity index (χ0v) is 12.3. The number of likely N-dealkylation sites (N-methyl/N-ethyl adjacent to an activating group) is 1. The predicted octanol–water partition coefficient (Wildman–Crippen LogP) is 1.71. The van der Waals surface area contributed by atoms with E-state index >= 15 is 0 Å². The van der Waals surface area contributed by atoms with E-state index in [1.807, 2.05) is 0 Å². The quantitative estimate of drug-likeness (QED) is 0.925. The molecule has 1 heterocycles. The van der Waals surface area contributed by atoms with Crippen molar-refractivity contribution >= 4 is 18.3 Å². The average molecular weight is 303 g/mol. The Hall–Kier alpha value is -1.17. The van der Waals surface area contributed by atoms with Crippen LogP contribution < -0.4 is 5.73 Å². The Kier molecular flexibility index (Phi) is 5.92. The second kappa shape index (κ2) is 7.02. The minimum Gasteiger partial charge on any atom is -0.381 e. The Morgan fingerprint density at radius 3 is 2.45 bits per heavy atom. The van der Waals surface area contributed by atoms with Crippen LogP contribution in [-0.4, -0.2) is 36.6 Å². The smallest absolute Gasteiger partial charge is 0.242 e. The van der Waals surface area contributed by atoms with Crippen molar-refractivity contribution in [2.45, 2.75) is 24.9 Å². The monoisotopic (exact) mass is 302 g/mol. The lowest BCUT2D eigenvalue weighted by Crippen LogP contribution is -2.57. The molecule has 6 heteroatoms. The van der Waals surface area contributed by atoms with Gasteiger partial charge in [0.15, 0.2) is 0 Å². The zero-order valence-electron chi connectivity index (χ0n) is 11.5. The van der Waals surface area contributed by atoms with Gasteiger partial charge in [-0.25, -0.2) is 4.39 Å². The molecule has 1 aromatic rings. The van der Waals surface area contributed by atoms with Crippen molar-refractivity contribution in [1.29, 1.82) is 0 Å². The van der Waals surface area contributed by atoms with Crippen molar-refractivity contribution in [2.24, 2.45) is 5.73 Å². The van der Waals surface area contributed by atoms with E-state index in [-0.39, 0.29) is 24.1 Å². The summed E-state index contributed by atoms with van der Waals surface area (Å²) in [5.74, 6) is -0.363. The number of rotatable bonds is 3. The van der Waals surface area contributed by atoms with Gasteiger partial charge in [-0.15, -0.1) is 12.4 Å². The van der Waals surface area contributed by atoms with Crippen LogP contribution >= 0.6 is 12.4 Å².